The summed E-state index contributed by atoms with van der Waals surface area (Å²) in [6.07, 6.45) is 1.91. The van der Waals surface area contributed by atoms with Gasteiger partial charge in [-0.3, -0.25) is 10.1 Å². The Balaban J connectivity index is 2.35. The molecule has 2 heterocycles. The molecule has 1 aromatic rings. The molecule has 0 spiro atoms. The van der Waals surface area contributed by atoms with Crippen molar-refractivity contribution in [2.75, 3.05) is 24.6 Å². The summed E-state index contributed by atoms with van der Waals surface area (Å²) in [6, 6.07) is 0. The number of piperidine rings is 1. The molecule has 100 valence electrons. The highest BCUT2D eigenvalue weighted by molar-refractivity contribution is 5.61. The quantitative estimate of drug-likeness (QED) is 0.638. The van der Waals surface area contributed by atoms with Crippen LogP contribution in [0, 0.1) is 23.0 Å². The average molecular weight is 254 g/mol. The first-order valence-electron chi connectivity index (χ1n) is 6.08. The van der Waals surface area contributed by atoms with Crippen LogP contribution >= 0.6 is 0 Å². The van der Waals surface area contributed by atoms with E-state index in [4.69, 9.17) is 0 Å². The zero-order valence-electron chi connectivity index (χ0n) is 10.7. The van der Waals surface area contributed by atoms with Crippen LogP contribution in [-0.4, -0.2) is 39.5 Å². The van der Waals surface area contributed by atoms with E-state index in [-0.39, 0.29) is 23.1 Å². The number of anilines is 1. The van der Waals surface area contributed by atoms with Crippen LogP contribution in [0.4, 0.5) is 11.5 Å². The largest absolute Gasteiger partial charge is 0.396 e. The van der Waals surface area contributed by atoms with Crippen molar-refractivity contribution in [2.24, 2.45) is 13.0 Å². The third-order valence-electron chi connectivity index (χ3n) is 3.42. The molecule has 1 N–H and O–H groups in total. The van der Waals surface area contributed by atoms with E-state index < -0.39 is 0 Å². The van der Waals surface area contributed by atoms with Gasteiger partial charge in [0.05, 0.1) is 4.92 Å². The van der Waals surface area contributed by atoms with Gasteiger partial charge < -0.3 is 10.0 Å². The van der Waals surface area contributed by atoms with Gasteiger partial charge in [0.15, 0.2) is 0 Å². The van der Waals surface area contributed by atoms with Gasteiger partial charge in [-0.1, -0.05) is 0 Å². The Kier molecular flexibility index (Phi) is 3.51. The van der Waals surface area contributed by atoms with E-state index in [0.717, 1.165) is 19.4 Å². The lowest BCUT2D eigenvalue weighted by Crippen LogP contribution is -2.38. The van der Waals surface area contributed by atoms with Crippen molar-refractivity contribution in [3.63, 3.8) is 0 Å². The van der Waals surface area contributed by atoms with Crippen LogP contribution in [0.3, 0.4) is 0 Å². The first-order valence-corrected chi connectivity index (χ1v) is 6.08. The van der Waals surface area contributed by atoms with Gasteiger partial charge in [0.1, 0.15) is 5.69 Å². The molecule has 0 saturated carbocycles. The number of hydrogen-bond acceptors (Lipinski definition) is 5. The lowest BCUT2D eigenvalue weighted by Gasteiger charge is -2.32. The highest BCUT2D eigenvalue weighted by Crippen LogP contribution is 2.33. The van der Waals surface area contributed by atoms with E-state index in [9.17, 15) is 15.2 Å². The number of aliphatic hydroxyl groups excluding tert-OH is 1. The molecule has 1 saturated heterocycles. The van der Waals surface area contributed by atoms with E-state index in [1.165, 1.54) is 0 Å². The number of aryl methyl sites for hydroxylation is 2. The fourth-order valence-electron chi connectivity index (χ4n) is 2.61. The molecule has 18 heavy (non-hydrogen) atoms. The van der Waals surface area contributed by atoms with E-state index in [1.54, 1.807) is 18.7 Å². The van der Waals surface area contributed by atoms with Crippen LogP contribution in [0.1, 0.15) is 18.5 Å². The first kappa shape index (κ1) is 12.8. The van der Waals surface area contributed by atoms with Crippen LogP contribution in [-0.2, 0) is 7.05 Å². The van der Waals surface area contributed by atoms with Gasteiger partial charge in [0, 0.05) is 26.7 Å². The molecule has 0 aliphatic carbocycles. The number of nitro groups is 1. The lowest BCUT2D eigenvalue weighted by molar-refractivity contribution is -0.384. The van der Waals surface area contributed by atoms with E-state index in [0.29, 0.717) is 18.1 Å². The van der Waals surface area contributed by atoms with Crippen molar-refractivity contribution >= 4 is 11.5 Å². The highest BCUT2D eigenvalue weighted by Gasteiger charge is 2.31. The third-order valence-corrected chi connectivity index (χ3v) is 3.42. The van der Waals surface area contributed by atoms with Gasteiger partial charge in [0.25, 0.3) is 0 Å². The number of hydrogen-bond donors (Lipinski definition) is 1. The topological polar surface area (TPSA) is 84.4 Å². The maximum absolute atomic E-state index is 11.1. The number of aromatic nitrogens is 2. The molecule has 1 aromatic heterocycles. The second-order valence-corrected chi connectivity index (χ2v) is 4.78. The maximum Gasteiger partial charge on any atom is 0.333 e. The molecule has 0 radical (unpaired) electrons. The molecule has 1 aliphatic rings. The molecule has 1 aliphatic heterocycles. The second kappa shape index (κ2) is 4.93. The number of nitrogens with zero attached hydrogens (tertiary/aromatic N) is 4. The zero-order valence-corrected chi connectivity index (χ0v) is 10.7. The fourth-order valence-corrected chi connectivity index (χ4v) is 2.61. The smallest absolute Gasteiger partial charge is 0.333 e. The monoisotopic (exact) mass is 254 g/mol. The van der Waals surface area contributed by atoms with Crippen molar-refractivity contribution in [1.82, 2.24) is 9.78 Å². The molecule has 1 fully saturated rings. The molecular weight excluding hydrogens is 236 g/mol. The van der Waals surface area contributed by atoms with Crippen molar-refractivity contribution in [3.8, 4) is 0 Å². The lowest BCUT2D eigenvalue weighted by atomic mass is 9.99. The Morgan fingerprint density at radius 1 is 1.61 bits per heavy atom. The first-order chi connectivity index (χ1) is 8.54. The molecular formula is C11H18N4O3. The summed E-state index contributed by atoms with van der Waals surface area (Å²) in [6.45, 7) is 3.20. The Labute approximate surface area is 105 Å². The van der Waals surface area contributed by atoms with Crippen molar-refractivity contribution in [3.05, 3.63) is 15.8 Å². The van der Waals surface area contributed by atoms with Gasteiger partial charge in [-0.15, -0.1) is 0 Å². The molecule has 7 heteroatoms. The minimum atomic E-state index is -0.375. The molecule has 0 bridgehead atoms. The summed E-state index contributed by atoms with van der Waals surface area (Å²) in [5, 5.41) is 24.5. The minimum Gasteiger partial charge on any atom is -0.396 e. The average Bonchev–Trinajstić information content (AvgIpc) is 2.64. The zero-order chi connectivity index (χ0) is 13.3. The van der Waals surface area contributed by atoms with Crippen LogP contribution in [0.15, 0.2) is 0 Å². The van der Waals surface area contributed by atoms with Gasteiger partial charge >= 0.3 is 5.69 Å². The van der Waals surface area contributed by atoms with Crippen molar-refractivity contribution in [2.45, 2.75) is 19.8 Å². The SMILES string of the molecule is Cc1nn(C)c(N2CCC[C@H](CO)C2)c1[N+](=O)[O-]. The van der Waals surface area contributed by atoms with Crippen LogP contribution in [0.5, 0.6) is 0 Å². The predicted molar refractivity (Wildman–Crippen MR) is 66.6 cm³/mol. The molecule has 0 unspecified atom stereocenters. The molecule has 0 amide bonds. The van der Waals surface area contributed by atoms with Crippen molar-refractivity contribution in [1.29, 1.82) is 0 Å². The summed E-state index contributed by atoms with van der Waals surface area (Å²) in [5.74, 6) is 0.740. The summed E-state index contributed by atoms with van der Waals surface area (Å²) in [4.78, 5) is 12.7. The Morgan fingerprint density at radius 2 is 2.33 bits per heavy atom. The van der Waals surface area contributed by atoms with Gasteiger partial charge in [-0.05, 0) is 25.7 Å². The normalized spacial score (nSPS) is 20.2. The molecule has 1 atom stereocenters. The summed E-state index contributed by atoms with van der Waals surface area (Å²) < 4.78 is 1.56. The summed E-state index contributed by atoms with van der Waals surface area (Å²) in [7, 11) is 1.72. The Morgan fingerprint density at radius 3 is 2.94 bits per heavy atom. The van der Waals surface area contributed by atoms with E-state index >= 15 is 0 Å². The standard InChI is InChI=1S/C11H18N4O3/c1-8-10(15(17)18)11(13(2)12-8)14-5-3-4-9(6-14)7-16/h9,16H,3-7H2,1-2H3/t9-/m0/s1. The Hall–Kier alpha value is -1.63. The maximum atomic E-state index is 11.1. The van der Waals surface area contributed by atoms with Crippen LogP contribution in [0.2, 0.25) is 0 Å². The molecule has 0 aromatic carbocycles. The number of aliphatic hydroxyl groups is 1. The van der Waals surface area contributed by atoms with Gasteiger partial charge in [0.2, 0.25) is 5.82 Å². The summed E-state index contributed by atoms with van der Waals surface area (Å²) in [5.41, 5.74) is 0.514. The van der Waals surface area contributed by atoms with Crippen molar-refractivity contribution < 1.29 is 10.0 Å². The fraction of sp³-hybridized carbons (Fsp3) is 0.727. The Bertz CT molecular complexity index is 457. The van der Waals surface area contributed by atoms with E-state index in [1.807, 2.05) is 4.90 Å². The van der Waals surface area contributed by atoms with E-state index in [2.05, 4.69) is 5.10 Å². The number of rotatable bonds is 3. The minimum absolute atomic E-state index is 0.0797. The predicted octanol–water partition coefficient (Wildman–Crippen LogP) is 0.845. The van der Waals surface area contributed by atoms with Gasteiger partial charge in [-0.25, -0.2) is 4.68 Å². The third kappa shape index (κ3) is 2.17. The van der Waals surface area contributed by atoms with Gasteiger partial charge in [-0.2, -0.15) is 5.10 Å². The van der Waals surface area contributed by atoms with Crippen LogP contribution < -0.4 is 4.90 Å². The highest BCUT2D eigenvalue weighted by atomic mass is 16.6. The summed E-state index contributed by atoms with van der Waals surface area (Å²) >= 11 is 0. The molecule has 7 nitrogen and oxygen atoms in total. The van der Waals surface area contributed by atoms with Crippen LogP contribution in [0.25, 0.3) is 0 Å². The second-order valence-electron chi connectivity index (χ2n) is 4.78. The molecule has 2 rings (SSSR count).